The zero-order chi connectivity index (χ0) is 20.9. The molecule has 0 bridgehead atoms. The van der Waals surface area contributed by atoms with Crippen LogP contribution in [0.25, 0.3) is 0 Å². The van der Waals surface area contributed by atoms with Crippen molar-refractivity contribution >= 4 is 44.9 Å². The average molecular weight is 425 g/mol. The van der Waals surface area contributed by atoms with E-state index in [9.17, 15) is 18.0 Å². The molecule has 2 aromatic rings. The molecule has 1 amide bonds. The van der Waals surface area contributed by atoms with Gasteiger partial charge in [0.1, 0.15) is 6.54 Å². The van der Waals surface area contributed by atoms with E-state index in [1.54, 1.807) is 50.2 Å². The van der Waals surface area contributed by atoms with Gasteiger partial charge in [-0.05, 0) is 43.7 Å². The highest BCUT2D eigenvalue weighted by Gasteiger charge is 2.24. The number of ether oxygens (including phenoxy) is 1. The Hall–Kier alpha value is -2.58. The molecule has 0 aliphatic carbocycles. The molecule has 0 aromatic heterocycles. The van der Waals surface area contributed by atoms with Crippen molar-refractivity contribution in [1.82, 2.24) is 0 Å². The number of hydrogen-bond donors (Lipinski definition) is 1. The Kier molecular flexibility index (Phi) is 7.04. The van der Waals surface area contributed by atoms with E-state index in [0.29, 0.717) is 16.3 Å². The van der Waals surface area contributed by atoms with Crippen molar-refractivity contribution < 1.29 is 22.7 Å². The Bertz CT molecular complexity index is 992. The van der Waals surface area contributed by atoms with Gasteiger partial charge in [-0.3, -0.25) is 9.10 Å². The number of carbonyl (C=O) groups excluding carboxylic acids is 2. The van der Waals surface area contributed by atoms with E-state index < -0.39 is 28.4 Å². The van der Waals surface area contributed by atoms with Crippen molar-refractivity contribution in [3.8, 4) is 0 Å². The van der Waals surface area contributed by atoms with E-state index in [-0.39, 0.29) is 17.9 Å². The monoisotopic (exact) mass is 424 g/mol. The smallest absolute Gasteiger partial charge is 0.340 e. The molecule has 7 nitrogen and oxygen atoms in total. The lowest BCUT2D eigenvalue weighted by atomic mass is 10.1. The minimum absolute atomic E-state index is 0.183. The number of halogens is 1. The van der Waals surface area contributed by atoms with Crippen molar-refractivity contribution in [2.24, 2.45) is 0 Å². The number of para-hydroxylation sites is 1. The molecule has 0 aliphatic heterocycles. The van der Waals surface area contributed by atoms with Crippen LogP contribution in [0.1, 0.15) is 22.8 Å². The van der Waals surface area contributed by atoms with Crippen LogP contribution < -0.4 is 9.62 Å². The van der Waals surface area contributed by atoms with Gasteiger partial charge in [0, 0.05) is 5.02 Å². The Balaban J connectivity index is 2.30. The third kappa shape index (κ3) is 5.24. The fourth-order valence-corrected chi connectivity index (χ4v) is 3.62. The van der Waals surface area contributed by atoms with Gasteiger partial charge in [0.05, 0.1) is 29.8 Å². The summed E-state index contributed by atoms with van der Waals surface area (Å²) >= 11 is 6.09. The second-order valence-electron chi connectivity index (χ2n) is 5.97. The van der Waals surface area contributed by atoms with Gasteiger partial charge in [0.2, 0.25) is 15.9 Å². The molecular formula is C19H21ClN2O5S. The molecule has 0 heterocycles. The predicted molar refractivity (Wildman–Crippen MR) is 109 cm³/mol. The minimum Gasteiger partial charge on any atom is -0.462 e. The average Bonchev–Trinajstić information content (AvgIpc) is 2.62. The molecular weight excluding hydrogens is 404 g/mol. The summed E-state index contributed by atoms with van der Waals surface area (Å²) in [4.78, 5) is 24.6. The second kappa shape index (κ2) is 9.07. The fraction of sp³-hybridized carbons (Fsp3) is 0.263. The van der Waals surface area contributed by atoms with E-state index in [0.717, 1.165) is 10.6 Å². The molecule has 2 aromatic carbocycles. The fourth-order valence-electron chi connectivity index (χ4n) is 2.55. The number of sulfonamides is 1. The van der Waals surface area contributed by atoms with Gasteiger partial charge in [-0.1, -0.05) is 29.8 Å². The highest BCUT2D eigenvalue weighted by Crippen LogP contribution is 2.28. The highest BCUT2D eigenvalue weighted by molar-refractivity contribution is 7.92. The number of nitrogens with one attached hydrogen (secondary N) is 1. The van der Waals surface area contributed by atoms with Crippen LogP contribution in [0.15, 0.2) is 42.5 Å². The molecule has 9 heteroatoms. The third-order valence-corrected chi connectivity index (χ3v) is 5.43. The lowest BCUT2D eigenvalue weighted by molar-refractivity contribution is -0.114. The van der Waals surface area contributed by atoms with Crippen LogP contribution in [0.2, 0.25) is 5.02 Å². The maximum atomic E-state index is 12.6. The molecule has 28 heavy (non-hydrogen) atoms. The maximum absolute atomic E-state index is 12.6. The van der Waals surface area contributed by atoms with Crippen molar-refractivity contribution in [3.05, 3.63) is 58.6 Å². The molecule has 1 N–H and O–H groups in total. The van der Waals surface area contributed by atoms with Crippen molar-refractivity contribution in [3.63, 3.8) is 0 Å². The molecule has 0 atom stereocenters. The molecule has 0 unspecified atom stereocenters. The molecule has 150 valence electrons. The number of nitrogens with zero attached hydrogens (tertiary/aromatic N) is 1. The van der Waals surface area contributed by atoms with E-state index in [2.05, 4.69) is 5.32 Å². The van der Waals surface area contributed by atoms with Gasteiger partial charge in [0.25, 0.3) is 0 Å². The quantitative estimate of drug-likeness (QED) is 0.689. The molecule has 0 fully saturated rings. The highest BCUT2D eigenvalue weighted by atomic mass is 35.5. The summed E-state index contributed by atoms with van der Waals surface area (Å²) in [6.07, 6.45) is 1.01. The Morgan fingerprint density at radius 2 is 1.82 bits per heavy atom. The first-order chi connectivity index (χ1) is 13.1. The number of esters is 1. The van der Waals surface area contributed by atoms with Gasteiger partial charge < -0.3 is 10.1 Å². The number of carbonyl (C=O) groups is 2. The Labute approximate surface area is 169 Å². The van der Waals surface area contributed by atoms with Gasteiger partial charge in [-0.15, -0.1) is 0 Å². The minimum atomic E-state index is -3.76. The van der Waals surface area contributed by atoms with Crippen LogP contribution in [-0.2, 0) is 19.6 Å². The topological polar surface area (TPSA) is 92.8 Å². The van der Waals surface area contributed by atoms with E-state index >= 15 is 0 Å². The number of amides is 1. The summed E-state index contributed by atoms with van der Waals surface area (Å²) in [5.41, 5.74) is 1.27. The molecule has 0 radical (unpaired) electrons. The summed E-state index contributed by atoms with van der Waals surface area (Å²) in [5, 5.41) is 2.97. The molecule has 2 rings (SSSR count). The number of hydrogen-bond acceptors (Lipinski definition) is 5. The molecule has 0 saturated carbocycles. The number of rotatable bonds is 7. The zero-order valence-electron chi connectivity index (χ0n) is 15.7. The lowest BCUT2D eigenvalue weighted by Crippen LogP contribution is -2.38. The zero-order valence-corrected chi connectivity index (χ0v) is 17.3. The Morgan fingerprint density at radius 3 is 2.46 bits per heavy atom. The number of benzene rings is 2. The van der Waals surface area contributed by atoms with E-state index in [1.165, 1.54) is 6.07 Å². The first kappa shape index (κ1) is 21.7. The summed E-state index contributed by atoms with van der Waals surface area (Å²) in [6.45, 7) is 3.06. The summed E-state index contributed by atoms with van der Waals surface area (Å²) < 4.78 is 30.5. The standard InChI is InChI=1S/C19H21ClN2O5S/c1-4-27-19(24)14-8-5-6-10-16(14)21-18(23)12-22(28(3,25)26)17-11-7-9-15(20)13(17)2/h5-11H,4,12H2,1-3H3,(H,21,23). The first-order valence-corrected chi connectivity index (χ1v) is 10.7. The van der Waals surface area contributed by atoms with Crippen LogP contribution in [0.4, 0.5) is 11.4 Å². The molecule has 0 saturated heterocycles. The van der Waals surface area contributed by atoms with Crippen LogP contribution >= 0.6 is 11.6 Å². The summed E-state index contributed by atoms with van der Waals surface area (Å²) in [5.74, 6) is -1.19. The first-order valence-electron chi connectivity index (χ1n) is 8.44. The van der Waals surface area contributed by atoms with Crippen molar-refractivity contribution in [2.45, 2.75) is 13.8 Å². The summed E-state index contributed by atoms with van der Waals surface area (Å²) in [7, 11) is -3.76. The SMILES string of the molecule is CCOC(=O)c1ccccc1NC(=O)CN(c1cccc(Cl)c1C)S(C)(=O)=O. The van der Waals surface area contributed by atoms with Crippen LogP contribution in [0, 0.1) is 6.92 Å². The van der Waals surface area contributed by atoms with Crippen LogP contribution in [0.5, 0.6) is 0 Å². The van der Waals surface area contributed by atoms with Gasteiger partial charge in [0.15, 0.2) is 0 Å². The number of anilines is 2. The lowest BCUT2D eigenvalue weighted by Gasteiger charge is -2.24. The van der Waals surface area contributed by atoms with Crippen LogP contribution in [-0.4, -0.2) is 39.7 Å². The van der Waals surface area contributed by atoms with Gasteiger partial charge >= 0.3 is 5.97 Å². The maximum Gasteiger partial charge on any atom is 0.340 e. The van der Waals surface area contributed by atoms with E-state index in [1.807, 2.05) is 0 Å². The third-order valence-electron chi connectivity index (χ3n) is 3.89. The van der Waals surface area contributed by atoms with Crippen molar-refractivity contribution in [1.29, 1.82) is 0 Å². The Morgan fingerprint density at radius 1 is 1.14 bits per heavy atom. The van der Waals surface area contributed by atoms with Gasteiger partial charge in [-0.2, -0.15) is 0 Å². The molecule has 0 spiro atoms. The normalized spacial score (nSPS) is 11.0. The summed E-state index contributed by atoms with van der Waals surface area (Å²) in [6, 6.07) is 11.2. The van der Waals surface area contributed by atoms with Crippen molar-refractivity contribution in [2.75, 3.05) is 29.0 Å². The van der Waals surface area contributed by atoms with Gasteiger partial charge in [-0.25, -0.2) is 13.2 Å². The largest absolute Gasteiger partial charge is 0.462 e. The second-order valence-corrected chi connectivity index (χ2v) is 8.28. The van der Waals surface area contributed by atoms with Crippen LogP contribution in [0.3, 0.4) is 0 Å². The molecule has 0 aliphatic rings. The predicted octanol–water partition coefficient (Wildman–Crippen LogP) is 3.23. The van der Waals surface area contributed by atoms with E-state index in [4.69, 9.17) is 16.3 Å².